The lowest BCUT2D eigenvalue weighted by molar-refractivity contribution is -0.124. The summed E-state index contributed by atoms with van der Waals surface area (Å²) in [4.78, 5) is 26.3. The van der Waals surface area contributed by atoms with E-state index in [2.05, 4.69) is 5.32 Å². The molecule has 2 aromatic rings. The second-order valence-corrected chi connectivity index (χ2v) is 10.1. The molecule has 9 nitrogen and oxygen atoms in total. The smallest absolute Gasteiger partial charge is 0.244 e. The summed E-state index contributed by atoms with van der Waals surface area (Å²) in [6.07, 6.45) is -0.0560. The summed E-state index contributed by atoms with van der Waals surface area (Å²) in [5, 5.41) is 2.80. The van der Waals surface area contributed by atoms with E-state index >= 15 is 0 Å². The fourth-order valence-corrected chi connectivity index (χ4v) is 5.14. The summed E-state index contributed by atoms with van der Waals surface area (Å²) in [7, 11) is 1.03. The third kappa shape index (κ3) is 9.58. The standard InChI is InChI=1S/C24H34N4O5S.ClH/c1-27(2)18-23(29)26-15-14-20(33-3)16-22(24(25)30)28(17-19-10-6-4-7-11-19)34(31,32)21-12-8-5-9-13-21;/h4-13,20,22H,14-18H2,1-3H3,(H2,25,30)(H,26,29);1H. The number of primary amides is 1. The minimum absolute atomic E-state index is 0. The van der Waals surface area contributed by atoms with Crippen LogP contribution in [0.25, 0.3) is 0 Å². The zero-order chi connectivity index (χ0) is 25.1. The van der Waals surface area contributed by atoms with Crippen LogP contribution in [-0.4, -0.2) is 75.9 Å². The van der Waals surface area contributed by atoms with Gasteiger partial charge in [-0.05, 0) is 44.6 Å². The number of rotatable bonds is 14. The van der Waals surface area contributed by atoms with Crippen LogP contribution < -0.4 is 11.1 Å². The molecule has 0 aliphatic heterocycles. The summed E-state index contributed by atoms with van der Waals surface area (Å²) >= 11 is 0. The van der Waals surface area contributed by atoms with Crippen molar-refractivity contribution in [3.63, 3.8) is 0 Å². The van der Waals surface area contributed by atoms with E-state index in [-0.39, 0.29) is 42.7 Å². The van der Waals surface area contributed by atoms with E-state index in [4.69, 9.17) is 10.5 Å². The molecule has 2 atom stereocenters. The number of nitrogens with two attached hydrogens (primary N) is 1. The van der Waals surface area contributed by atoms with Crippen LogP contribution in [-0.2, 0) is 30.9 Å². The number of nitrogens with one attached hydrogen (secondary N) is 1. The zero-order valence-corrected chi connectivity index (χ0v) is 21.9. The van der Waals surface area contributed by atoms with Crippen molar-refractivity contribution >= 4 is 34.2 Å². The molecule has 0 aliphatic rings. The largest absolute Gasteiger partial charge is 0.381 e. The minimum atomic E-state index is -4.04. The number of nitrogens with zero attached hydrogens (tertiary/aromatic N) is 2. The van der Waals surface area contributed by atoms with E-state index in [1.54, 1.807) is 61.5 Å². The Balaban J connectivity index is 0.00000612. The van der Waals surface area contributed by atoms with Gasteiger partial charge in [0.2, 0.25) is 21.8 Å². The number of hydrogen-bond acceptors (Lipinski definition) is 6. The van der Waals surface area contributed by atoms with E-state index in [0.717, 1.165) is 9.87 Å². The van der Waals surface area contributed by atoms with Crippen LogP contribution in [0.1, 0.15) is 18.4 Å². The van der Waals surface area contributed by atoms with Gasteiger partial charge >= 0.3 is 0 Å². The van der Waals surface area contributed by atoms with E-state index in [1.807, 2.05) is 6.07 Å². The maximum Gasteiger partial charge on any atom is 0.244 e. The van der Waals surface area contributed by atoms with Crippen LogP contribution in [0, 0.1) is 0 Å². The number of sulfonamides is 1. The number of methoxy groups -OCH3 is 1. The van der Waals surface area contributed by atoms with Gasteiger partial charge in [0.25, 0.3) is 0 Å². The molecule has 35 heavy (non-hydrogen) atoms. The molecule has 0 aromatic heterocycles. The molecule has 0 saturated carbocycles. The molecule has 0 heterocycles. The van der Waals surface area contributed by atoms with Crippen molar-refractivity contribution in [3.8, 4) is 0 Å². The highest BCUT2D eigenvalue weighted by atomic mass is 35.5. The topological polar surface area (TPSA) is 122 Å². The summed E-state index contributed by atoms with van der Waals surface area (Å²) in [5.74, 6) is -0.905. The Morgan fingerprint density at radius 2 is 1.60 bits per heavy atom. The van der Waals surface area contributed by atoms with Crippen molar-refractivity contribution in [1.29, 1.82) is 0 Å². The van der Waals surface area contributed by atoms with Crippen LogP contribution in [0.5, 0.6) is 0 Å². The van der Waals surface area contributed by atoms with Crippen molar-refractivity contribution in [3.05, 3.63) is 66.2 Å². The first kappa shape index (κ1) is 30.5. The third-order valence-corrected chi connectivity index (χ3v) is 7.14. The number of carbonyl (C=O) groups excluding carboxylic acids is 2. The normalized spacial score (nSPS) is 13.2. The van der Waals surface area contributed by atoms with Crippen molar-refractivity contribution in [2.75, 3.05) is 34.3 Å². The maximum atomic E-state index is 13.6. The van der Waals surface area contributed by atoms with E-state index in [0.29, 0.717) is 13.0 Å². The predicted octanol–water partition coefficient (Wildman–Crippen LogP) is 1.63. The molecule has 0 aliphatic carbocycles. The summed E-state index contributed by atoms with van der Waals surface area (Å²) in [6, 6.07) is 15.8. The van der Waals surface area contributed by atoms with Crippen molar-refractivity contribution in [1.82, 2.24) is 14.5 Å². The molecule has 11 heteroatoms. The lowest BCUT2D eigenvalue weighted by Crippen LogP contribution is -2.49. The van der Waals surface area contributed by atoms with Gasteiger partial charge in [-0.2, -0.15) is 4.31 Å². The molecule has 0 bridgehead atoms. The number of amides is 2. The molecule has 0 saturated heterocycles. The fraction of sp³-hybridized carbons (Fsp3) is 0.417. The Kier molecular flexibility index (Phi) is 12.9. The Morgan fingerprint density at radius 1 is 1.03 bits per heavy atom. The average Bonchev–Trinajstić information content (AvgIpc) is 2.80. The highest BCUT2D eigenvalue weighted by Gasteiger charge is 2.36. The van der Waals surface area contributed by atoms with Gasteiger partial charge in [-0.1, -0.05) is 48.5 Å². The second kappa shape index (κ2) is 14.8. The average molecular weight is 527 g/mol. The molecule has 2 rings (SSSR count). The number of benzene rings is 2. The van der Waals surface area contributed by atoms with Crippen LogP contribution in [0.3, 0.4) is 0 Å². The van der Waals surface area contributed by atoms with Gasteiger partial charge in [-0.25, -0.2) is 8.42 Å². The molecule has 0 spiro atoms. The Labute approximate surface area is 214 Å². The molecule has 194 valence electrons. The van der Waals surface area contributed by atoms with Gasteiger partial charge in [0, 0.05) is 20.2 Å². The Morgan fingerprint density at radius 3 is 2.11 bits per heavy atom. The highest BCUT2D eigenvalue weighted by Crippen LogP contribution is 2.24. The predicted molar refractivity (Wildman–Crippen MR) is 137 cm³/mol. The number of carbonyl (C=O) groups is 2. The van der Waals surface area contributed by atoms with Gasteiger partial charge in [0.15, 0.2) is 0 Å². The second-order valence-electron chi connectivity index (χ2n) is 8.24. The lowest BCUT2D eigenvalue weighted by atomic mass is 10.1. The maximum absolute atomic E-state index is 13.6. The van der Waals surface area contributed by atoms with Crippen LogP contribution in [0.4, 0.5) is 0 Å². The van der Waals surface area contributed by atoms with Crippen molar-refractivity contribution in [2.45, 2.75) is 36.4 Å². The molecular weight excluding hydrogens is 492 g/mol. The first-order chi connectivity index (χ1) is 16.1. The van der Waals surface area contributed by atoms with Crippen molar-refractivity contribution < 1.29 is 22.7 Å². The van der Waals surface area contributed by atoms with E-state index < -0.39 is 28.1 Å². The summed E-state index contributed by atoms with van der Waals surface area (Å²) in [5.41, 5.74) is 6.45. The lowest BCUT2D eigenvalue weighted by Gasteiger charge is -2.31. The van der Waals surface area contributed by atoms with Crippen LogP contribution in [0.15, 0.2) is 65.6 Å². The van der Waals surface area contributed by atoms with E-state index in [9.17, 15) is 18.0 Å². The number of halogens is 1. The number of ether oxygens (including phenoxy) is 1. The van der Waals surface area contributed by atoms with Crippen LogP contribution >= 0.6 is 12.4 Å². The number of likely N-dealkylation sites (N-methyl/N-ethyl adjacent to an activating group) is 1. The molecule has 0 fully saturated rings. The molecule has 2 amide bonds. The Hall–Kier alpha value is -2.50. The quantitative estimate of drug-likeness (QED) is 0.386. The first-order valence-electron chi connectivity index (χ1n) is 11.0. The number of hydrogen-bond donors (Lipinski definition) is 2. The Bertz CT molecular complexity index is 1020. The molecular formula is C24H35ClN4O5S. The van der Waals surface area contributed by atoms with Gasteiger partial charge in [-0.15, -0.1) is 12.4 Å². The highest BCUT2D eigenvalue weighted by molar-refractivity contribution is 7.89. The molecule has 2 aromatic carbocycles. The monoisotopic (exact) mass is 526 g/mol. The summed E-state index contributed by atoms with van der Waals surface area (Å²) in [6.45, 7) is 0.546. The molecule has 0 radical (unpaired) electrons. The minimum Gasteiger partial charge on any atom is -0.381 e. The summed E-state index contributed by atoms with van der Waals surface area (Å²) < 4.78 is 33.8. The van der Waals surface area contributed by atoms with Crippen LogP contribution in [0.2, 0.25) is 0 Å². The van der Waals surface area contributed by atoms with Gasteiger partial charge in [0.05, 0.1) is 17.5 Å². The third-order valence-electron chi connectivity index (χ3n) is 5.27. The van der Waals surface area contributed by atoms with Gasteiger partial charge in [-0.3, -0.25) is 9.59 Å². The fourth-order valence-electron chi connectivity index (χ4n) is 3.53. The van der Waals surface area contributed by atoms with Gasteiger partial charge in [0.1, 0.15) is 6.04 Å². The van der Waals surface area contributed by atoms with E-state index in [1.165, 1.54) is 19.2 Å². The SMILES string of the molecule is COC(CCNC(=O)CN(C)C)CC(C(N)=O)N(Cc1ccccc1)S(=O)(=O)c1ccccc1.Cl. The molecule has 2 unspecified atom stereocenters. The first-order valence-corrected chi connectivity index (χ1v) is 12.4. The van der Waals surface area contributed by atoms with Gasteiger partial charge < -0.3 is 20.7 Å². The molecule has 3 N–H and O–H groups in total. The zero-order valence-electron chi connectivity index (χ0n) is 20.3. The van der Waals surface area contributed by atoms with Crippen molar-refractivity contribution in [2.24, 2.45) is 5.73 Å².